The summed E-state index contributed by atoms with van der Waals surface area (Å²) in [5.74, 6) is -0.125. The molecule has 0 unspecified atom stereocenters. The third-order valence-corrected chi connectivity index (χ3v) is 10.9. The third-order valence-electron chi connectivity index (χ3n) is 7.42. The van der Waals surface area contributed by atoms with Crippen LogP contribution in [0.4, 0.5) is 0 Å². The van der Waals surface area contributed by atoms with Gasteiger partial charge in [0.25, 0.3) is 0 Å². The molecule has 0 spiro atoms. The summed E-state index contributed by atoms with van der Waals surface area (Å²) in [6, 6.07) is 7.67. The molecule has 0 amide bonds. The van der Waals surface area contributed by atoms with Crippen molar-refractivity contribution in [2.75, 3.05) is 0 Å². The predicted octanol–water partition coefficient (Wildman–Crippen LogP) is 6.36. The number of hydrogen-bond acceptors (Lipinski definition) is 9. The standard InChI is InChI=1S/C16H19N3O2S.C14H16IN3OS.CO/c1-11(21)15-14(10-20)19(12-5-4-8-17-9-12)16(18-15)22-13-6-2-3-7-13;15-13-12(9-19)18(10-4-3-7-16-8-10)14(17-13)20-11-5-1-2-6-11;1-2/h4-5,8-9,13,20H,2-3,6-7,10H2,1H3;3-4,7-8,11,19H,1-2,5-6,9H2;. The van der Waals surface area contributed by atoms with Crippen LogP contribution in [-0.4, -0.2) is 55.6 Å². The normalized spacial score (nSPS) is 15.0. The fraction of sp³-hybridized carbons (Fsp3) is 0.419. The summed E-state index contributed by atoms with van der Waals surface area (Å²) in [6.07, 6.45) is 17.0. The molecule has 0 aliphatic heterocycles. The maximum atomic E-state index is 11.8. The number of halogens is 1. The molecule has 44 heavy (non-hydrogen) atoms. The number of rotatable bonds is 9. The van der Waals surface area contributed by atoms with E-state index in [9.17, 15) is 15.0 Å². The van der Waals surface area contributed by atoms with Gasteiger partial charge in [-0.1, -0.05) is 49.2 Å². The van der Waals surface area contributed by atoms with E-state index in [0.717, 1.165) is 31.1 Å². The second-order valence-electron chi connectivity index (χ2n) is 10.3. The van der Waals surface area contributed by atoms with Crippen LogP contribution >= 0.6 is 46.1 Å². The van der Waals surface area contributed by atoms with Gasteiger partial charge in [-0.2, -0.15) is 0 Å². The van der Waals surface area contributed by atoms with E-state index in [-0.39, 0.29) is 19.0 Å². The summed E-state index contributed by atoms with van der Waals surface area (Å²) in [7, 11) is 0. The molecule has 0 aromatic carbocycles. The topological polar surface area (TPSA) is 139 Å². The van der Waals surface area contributed by atoms with Crippen molar-refractivity contribution in [3.8, 4) is 11.4 Å². The van der Waals surface area contributed by atoms with Gasteiger partial charge in [0.2, 0.25) is 0 Å². The van der Waals surface area contributed by atoms with Gasteiger partial charge in [0.15, 0.2) is 16.1 Å². The number of nitrogens with zero attached hydrogens (tertiary/aromatic N) is 6. The first-order valence-electron chi connectivity index (χ1n) is 14.5. The molecule has 2 N–H and O–H groups in total. The number of hydrogen-bond donors (Lipinski definition) is 2. The molecule has 2 saturated carbocycles. The van der Waals surface area contributed by atoms with Crippen LogP contribution in [0.1, 0.15) is 80.2 Å². The van der Waals surface area contributed by atoms with Crippen molar-refractivity contribution < 1.29 is 19.7 Å². The Morgan fingerprint density at radius 3 is 1.73 bits per heavy atom. The van der Waals surface area contributed by atoms with Crippen molar-refractivity contribution in [1.82, 2.24) is 29.1 Å². The molecular weight excluding hydrogens is 711 g/mol. The van der Waals surface area contributed by atoms with E-state index in [1.54, 1.807) is 30.4 Å². The SMILES string of the molecule is CC(=O)c1nc(SC2CCCC2)n(-c2cccnc2)c1CO.OCc1c(I)nc(SC2CCCC2)n1-c1cccnc1.[C-]#[O+]. The third kappa shape index (κ3) is 8.39. The Balaban J connectivity index is 0.000000191. The van der Waals surface area contributed by atoms with E-state index in [0.29, 0.717) is 21.9 Å². The van der Waals surface area contributed by atoms with Crippen LogP contribution < -0.4 is 0 Å². The molecule has 10 nitrogen and oxygen atoms in total. The number of pyridine rings is 2. The Kier molecular flexibility index (Phi) is 13.5. The van der Waals surface area contributed by atoms with Crippen molar-refractivity contribution >= 4 is 51.9 Å². The Labute approximate surface area is 279 Å². The molecule has 13 heteroatoms. The van der Waals surface area contributed by atoms with Crippen molar-refractivity contribution in [3.05, 3.63) is 76.5 Å². The van der Waals surface area contributed by atoms with Gasteiger partial charge in [0.05, 0.1) is 48.4 Å². The second kappa shape index (κ2) is 17.2. The van der Waals surface area contributed by atoms with Gasteiger partial charge in [0.1, 0.15) is 9.39 Å². The van der Waals surface area contributed by atoms with E-state index in [1.807, 2.05) is 51.4 Å². The zero-order valence-electron chi connectivity index (χ0n) is 24.4. The van der Waals surface area contributed by atoms with Crippen LogP contribution in [0.25, 0.3) is 11.4 Å². The average Bonchev–Trinajstić information content (AvgIpc) is 3.87. The van der Waals surface area contributed by atoms with Crippen molar-refractivity contribution in [3.63, 3.8) is 0 Å². The molecule has 0 atom stereocenters. The van der Waals surface area contributed by atoms with E-state index >= 15 is 0 Å². The number of aliphatic hydroxyl groups is 2. The molecule has 232 valence electrons. The van der Waals surface area contributed by atoms with Gasteiger partial charge in [-0.15, -0.1) is 0 Å². The minimum absolute atomic E-state index is 0.00854. The zero-order valence-corrected chi connectivity index (χ0v) is 28.2. The predicted molar refractivity (Wildman–Crippen MR) is 177 cm³/mol. The fourth-order valence-electron chi connectivity index (χ4n) is 5.37. The van der Waals surface area contributed by atoms with Gasteiger partial charge in [-0.05, 0) is 72.5 Å². The molecule has 0 bridgehead atoms. The van der Waals surface area contributed by atoms with E-state index in [1.165, 1.54) is 58.3 Å². The summed E-state index contributed by atoms with van der Waals surface area (Å²) in [6.45, 7) is 5.76. The molecule has 4 heterocycles. The average molecular weight is 747 g/mol. The van der Waals surface area contributed by atoms with Crippen molar-refractivity contribution in [2.45, 2.75) is 92.3 Å². The second-order valence-corrected chi connectivity index (χ2v) is 13.9. The quantitative estimate of drug-likeness (QED) is 0.0868. The van der Waals surface area contributed by atoms with Crippen LogP contribution in [0.5, 0.6) is 0 Å². The van der Waals surface area contributed by atoms with Crippen molar-refractivity contribution in [1.29, 1.82) is 0 Å². The molecule has 0 radical (unpaired) electrons. The molecule has 6 rings (SSSR count). The zero-order chi connectivity index (χ0) is 31.5. The number of aliphatic hydroxyl groups excluding tert-OH is 2. The maximum absolute atomic E-state index is 11.8. The molecule has 2 aliphatic rings. The summed E-state index contributed by atoms with van der Waals surface area (Å²) in [4.78, 5) is 29.3. The number of imidazole rings is 2. The van der Waals surface area contributed by atoms with Crippen LogP contribution in [0, 0.1) is 10.4 Å². The number of carbonyl (C=O) groups excluding carboxylic acids is 1. The molecule has 2 aliphatic carbocycles. The van der Waals surface area contributed by atoms with Gasteiger partial charge in [0, 0.05) is 29.8 Å². The summed E-state index contributed by atoms with van der Waals surface area (Å²) >= 11 is 5.73. The molecule has 0 saturated heterocycles. The van der Waals surface area contributed by atoms with Crippen molar-refractivity contribution in [2.24, 2.45) is 0 Å². The molecule has 4 aromatic heterocycles. The van der Waals surface area contributed by atoms with Gasteiger partial charge >= 0.3 is 11.3 Å². The first kappa shape index (κ1) is 34.4. The number of aromatic nitrogens is 6. The minimum atomic E-state index is -0.220. The Hall–Kier alpha value is -2.52. The molecular formula is C31H35IN6O4S2. The van der Waals surface area contributed by atoms with Gasteiger partial charge < -0.3 is 10.2 Å². The first-order chi connectivity index (χ1) is 21.5. The van der Waals surface area contributed by atoms with Crippen LogP contribution in [-0.2, 0) is 17.9 Å². The fourth-order valence-corrected chi connectivity index (χ4v) is 8.84. The summed E-state index contributed by atoms with van der Waals surface area (Å²) < 4.78 is 12.3. The monoisotopic (exact) mass is 746 g/mol. The van der Waals surface area contributed by atoms with E-state index in [4.69, 9.17) is 4.65 Å². The van der Waals surface area contributed by atoms with Gasteiger partial charge in [-0.25, -0.2) is 9.97 Å². The first-order valence-corrected chi connectivity index (χ1v) is 17.3. The number of carbonyl (C=O) groups is 1. The Morgan fingerprint density at radius 1 is 0.864 bits per heavy atom. The molecule has 2 fully saturated rings. The number of ketones is 1. The summed E-state index contributed by atoms with van der Waals surface area (Å²) in [5.41, 5.74) is 3.53. The summed E-state index contributed by atoms with van der Waals surface area (Å²) in [5, 5.41) is 22.3. The Morgan fingerprint density at radius 2 is 1.32 bits per heavy atom. The van der Waals surface area contributed by atoms with E-state index in [2.05, 4.69) is 49.2 Å². The van der Waals surface area contributed by atoms with Gasteiger partial charge in [-0.3, -0.25) is 23.9 Å². The van der Waals surface area contributed by atoms with Crippen LogP contribution in [0.3, 0.4) is 0 Å². The van der Waals surface area contributed by atoms with E-state index < -0.39 is 0 Å². The number of thioether (sulfide) groups is 2. The van der Waals surface area contributed by atoms with Crippen LogP contribution in [0.15, 0.2) is 59.4 Å². The number of Topliss-reactive ketones (excluding diaryl/α,β-unsaturated/α-hetero) is 1. The Bertz CT molecular complexity index is 1520. The molecule has 4 aromatic rings. The van der Waals surface area contributed by atoms with Crippen LogP contribution in [0.2, 0.25) is 0 Å².